The molecule has 6 nitrogen and oxygen atoms in total. The van der Waals surface area contributed by atoms with Gasteiger partial charge in [0.25, 0.3) is 0 Å². The first-order valence-corrected chi connectivity index (χ1v) is 9.78. The van der Waals surface area contributed by atoms with Crippen LogP contribution in [0.3, 0.4) is 0 Å². The van der Waals surface area contributed by atoms with Crippen LogP contribution >= 0.6 is 23.2 Å². The van der Waals surface area contributed by atoms with Crippen LogP contribution in [0.4, 0.5) is 4.39 Å². The molecular weight excluding hydrogens is 426 g/mol. The van der Waals surface area contributed by atoms with Gasteiger partial charge in [-0.3, -0.25) is 4.68 Å². The Morgan fingerprint density at radius 2 is 1.83 bits per heavy atom. The number of nitrogens with zero attached hydrogens (tertiary/aromatic N) is 6. The molecular formula is C21H13Cl2FN6. The van der Waals surface area contributed by atoms with Crippen LogP contribution in [0.2, 0.25) is 10.0 Å². The average Bonchev–Trinajstić information content (AvgIpc) is 3.40. The molecule has 0 spiro atoms. The topological polar surface area (TPSA) is 61.4 Å². The Morgan fingerprint density at radius 3 is 2.63 bits per heavy atom. The van der Waals surface area contributed by atoms with Crippen molar-refractivity contribution in [1.29, 1.82) is 0 Å². The van der Waals surface area contributed by atoms with Gasteiger partial charge < -0.3 is 0 Å². The quantitative estimate of drug-likeness (QED) is 0.388. The second-order valence-electron chi connectivity index (χ2n) is 6.60. The number of halogens is 3. The molecule has 0 atom stereocenters. The minimum Gasteiger partial charge on any atom is -0.265 e. The van der Waals surface area contributed by atoms with Crippen molar-refractivity contribution in [3.63, 3.8) is 0 Å². The maximum atomic E-state index is 14.1. The molecule has 30 heavy (non-hydrogen) atoms. The molecule has 0 aliphatic rings. The maximum Gasteiger partial charge on any atom is 0.181 e. The summed E-state index contributed by atoms with van der Waals surface area (Å²) in [7, 11) is 0. The first-order chi connectivity index (χ1) is 14.6. The number of fused-ring (bicyclic) bond motifs is 1. The monoisotopic (exact) mass is 438 g/mol. The Balaban J connectivity index is 1.67. The summed E-state index contributed by atoms with van der Waals surface area (Å²) in [4.78, 5) is 9.35. The Labute approximate surface area is 180 Å². The highest BCUT2D eigenvalue weighted by atomic mass is 35.5. The van der Waals surface area contributed by atoms with Gasteiger partial charge >= 0.3 is 0 Å². The second kappa shape index (κ2) is 7.51. The Kier molecular flexibility index (Phi) is 4.69. The number of rotatable bonds is 4. The molecule has 0 fully saturated rings. The molecule has 0 saturated heterocycles. The molecule has 0 aliphatic heterocycles. The fraction of sp³-hybridized carbons (Fsp3) is 0.0476. The van der Waals surface area contributed by atoms with Crippen LogP contribution in [0.1, 0.15) is 5.82 Å². The van der Waals surface area contributed by atoms with E-state index in [4.69, 9.17) is 28.2 Å². The largest absolute Gasteiger partial charge is 0.265 e. The smallest absolute Gasteiger partial charge is 0.181 e. The van der Waals surface area contributed by atoms with Gasteiger partial charge in [-0.1, -0.05) is 35.3 Å². The van der Waals surface area contributed by atoms with Crippen LogP contribution in [0.5, 0.6) is 0 Å². The zero-order valence-electron chi connectivity index (χ0n) is 15.4. The fourth-order valence-electron chi connectivity index (χ4n) is 3.14. The first kappa shape index (κ1) is 18.7. The minimum absolute atomic E-state index is 0.0376. The van der Waals surface area contributed by atoms with Crippen LogP contribution < -0.4 is 0 Å². The number of pyridine rings is 1. The van der Waals surface area contributed by atoms with E-state index in [1.54, 1.807) is 27.7 Å². The van der Waals surface area contributed by atoms with Gasteiger partial charge in [0.2, 0.25) is 0 Å². The molecule has 5 aromatic rings. The molecule has 0 aliphatic carbocycles. The van der Waals surface area contributed by atoms with E-state index in [2.05, 4.69) is 15.2 Å². The third-order valence-corrected chi connectivity index (χ3v) is 5.09. The molecule has 3 heterocycles. The molecule has 148 valence electrons. The van der Waals surface area contributed by atoms with E-state index in [-0.39, 0.29) is 5.02 Å². The van der Waals surface area contributed by atoms with Crippen molar-refractivity contribution in [1.82, 2.24) is 29.5 Å². The lowest BCUT2D eigenvalue weighted by Gasteiger charge is -2.07. The third kappa shape index (κ3) is 3.53. The SMILES string of the molecule is Fc1cc(-n2nc(Cn3cccn3)nc2-c2ccc3ccc(Cl)cc3n2)ccc1Cl. The molecule has 2 aromatic carbocycles. The summed E-state index contributed by atoms with van der Waals surface area (Å²) in [5.74, 6) is 0.445. The fourth-order valence-corrected chi connectivity index (χ4v) is 3.42. The number of hydrogen-bond donors (Lipinski definition) is 0. The average molecular weight is 439 g/mol. The molecule has 0 radical (unpaired) electrons. The molecule has 0 saturated carbocycles. The van der Waals surface area contributed by atoms with Crippen molar-refractivity contribution in [2.45, 2.75) is 6.54 Å². The summed E-state index contributed by atoms with van der Waals surface area (Å²) in [5.41, 5.74) is 1.80. The van der Waals surface area contributed by atoms with Crippen LogP contribution in [-0.2, 0) is 6.54 Å². The van der Waals surface area contributed by atoms with Crippen LogP contribution in [0, 0.1) is 5.82 Å². The lowest BCUT2D eigenvalue weighted by molar-refractivity contribution is 0.624. The van der Waals surface area contributed by atoms with Gasteiger partial charge in [0.05, 0.1) is 16.2 Å². The van der Waals surface area contributed by atoms with Crippen molar-refractivity contribution in [3.05, 3.63) is 88.7 Å². The highest BCUT2D eigenvalue weighted by Gasteiger charge is 2.17. The summed E-state index contributed by atoms with van der Waals surface area (Å²) in [6.45, 7) is 0.364. The third-order valence-electron chi connectivity index (χ3n) is 4.54. The first-order valence-electron chi connectivity index (χ1n) is 9.02. The van der Waals surface area contributed by atoms with Gasteiger partial charge in [0.1, 0.15) is 18.1 Å². The predicted molar refractivity (Wildman–Crippen MR) is 113 cm³/mol. The van der Waals surface area contributed by atoms with Gasteiger partial charge in [-0.15, -0.1) is 5.10 Å². The summed E-state index contributed by atoms with van der Waals surface area (Å²) in [6, 6.07) is 15.6. The Bertz CT molecular complexity index is 1360. The Hall–Kier alpha value is -3.29. The van der Waals surface area contributed by atoms with Gasteiger partial charge in [-0.05, 0) is 36.4 Å². The van der Waals surface area contributed by atoms with E-state index < -0.39 is 5.82 Å². The van der Waals surface area contributed by atoms with Crippen molar-refractivity contribution in [2.24, 2.45) is 0 Å². The van der Waals surface area contributed by atoms with Crippen LogP contribution in [0.25, 0.3) is 28.1 Å². The van der Waals surface area contributed by atoms with E-state index in [9.17, 15) is 4.39 Å². The molecule has 5 rings (SSSR count). The van der Waals surface area contributed by atoms with E-state index in [1.807, 2.05) is 36.5 Å². The van der Waals surface area contributed by atoms with Gasteiger partial charge in [-0.2, -0.15) is 5.10 Å². The van der Waals surface area contributed by atoms with Crippen molar-refractivity contribution < 1.29 is 4.39 Å². The van der Waals surface area contributed by atoms with Crippen LogP contribution in [0.15, 0.2) is 67.0 Å². The van der Waals surface area contributed by atoms with Gasteiger partial charge in [0.15, 0.2) is 11.6 Å². The maximum absolute atomic E-state index is 14.1. The molecule has 0 amide bonds. The van der Waals surface area contributed by atoms with E-state index in [1.165, 1.54) is 12.1 Å². The molecule has 0 unspecified atom stereocenters. The van der Waals surface area contributed by atoms with Crippen molar-refractivity contribution >= 4 is 34.1 Å². The highest BCUT2D eigenvalue weighted by molar-refractivity contribution is 6.31. The minimum atomic E-state index is -0.539. The van der Waals surface area contributed by atoms with Crippen LogP contribution in [-0.4, -0.2) is 29.5 Å². The molecule has 9 heteroatoms. The summed E-state index contributed by atoms with van der Waals surface area (Å²) in [6.07, 6.45) is 3.50. The van der Waals surface area contributed by atoms with Gasteiger partial charge in [-0.25, -0.2) is 19.0 Å². The lowest BCUT2D eigenvalue weighted by Crippen LogP contribution is -2.04. The predicted octanol–water partition coefficient (Wildman–Crippen LogP) is 5.17. The van der Waals surface area contributed by atoms with Crippen molar-refractivity contribution in [3.8, 4) is 17.2 Å². The lowest BCUT2D eigenvalue weighted by atomic mass is 10.2. The normalized spacial score (nSPS) is 11.3. The molecule has 0 bridgehead atoms. The van der Waals surface area contributed by atoms with E-state index in [0.29, 0.717) is 34.6 Å². The second-order valence-corrected chi connectivity index (χ2v) is 7.44. The standard InChI is InChI=1S/C21H13Cl2FN6/c22-14-4-2-13-3-7-18(26-19(13)10-14)21-27-20(12-29-9-1-8-25-29)28-30(21)15-5-6-16(23)17(24)11-15/h1-11H,12H2. The Morgan fingerprint density at radius 1 is 0.967 bits per heavy atom. The zero-order chi connectivity index (χ0) is 20.7. The molecule has 0 N–H and O–H groups in total. The summed E-state index contributed by atoms with van der Waals surface area (Å²) >= 11 is 12.0. The number of aromatic nitrogens is 6. The highest BCUT2D eigenvalue weighted by Crippen LogP contribution is 2.26. The van der Waals surface area contributed by atoms with Gasteiger partial charge in [0, 0.05) is 28.9 Å². The molecule has 3 aromatic heterocycles. The van der Waals surface area contributed by atoms with E-state index >= 15 is 0 Å². The number of hydrogen-bond acceptors (Lipinski definition) is 4. The number of benzene rings is 2. The van der Waals surface area contributed by atoms with Crippen molar-refractivity contribution in [2.75, 3.05) is 0 Å². The van der Waals surface area contributed by atoms with E-state index in [0.717, 1.165) is 10.9 Å². The summed E-state index contributed by atoms with van der Waals surface area (Å²) < 4.78 is 17.4. The summed E-state index contributed by atoms with van der Waals surface area (Å²) in [5, 5.41) is 10.3. The zero-order valence-corrected chi connectivity index (χ0v) is 16.9.